The average Bonchev–Trinajstić information content (AvgIpc) is 3.05. The number of benzene rings is 1. The third-order valence-corrected chi connectivity index (χ3v) is 4.38. The molecule has 25 heavy (non-hydrogen) atoms. The highest BCUT2D eigenvalue weighted by Crippen LogP contribution is 2.40. The number of hydrogen-bond acceptors (Lipinski definition) is 5. The fourth-order valence-electron chi connectivity index (χ4n) is 2.75. The smallest absolute Gasteiger partial charge is 0.263 e. The van der Waals surface area contributed by atoms with E-state index in [0.29, 0.717) is 22.5 Å². The molecule has 1 aliphatic rings. The van der Waals surface area contributed by atoms with Crippen LogP contribution in [0.1, 0.15) is 12.8 Å². The highest BCUT2D eigenvalue weighted by molar-refractivity contribution is 5.98. The second-order valence-electron chi connectivity index (χ2n) is 6.20. The number of nitrogens with one attached hydrogen (secondary N) is 1. The Labute approximate surface area is 140 Å². The van der Waals surface area contributed by atoms with E-state index < -0.39 is 11.6 Å². The van der Waals surface area contributed by atoms with E-state index in [1.54, 1.807) is 10.6 Å². The maximum atomic E-state index is 13.8. The summed E-state index contributed by atoms with van der Waals surface area (Å²) < 4.78 is 20.3. The van der Waals surface area contributed by atoms with Crippen molar-refractivity contribution < 1.29 is 13.8 Å². The number of rotatable bonds is 3. The van der Waals surface area contributed by atoms with E-state index in [1.165, 1.54) is 0 Å². The Morgan fingerprint density at radius 2 is 1.92 bits per heavy atom. The molecule has 0 atom stereocenters. The molecular formula is C17H12FN5O2. The first-order valence-corrected chi connectivity index (χ1v) is 7.83. The maximum Gasteiger partial charge on any atom is 0.263 e. The molecule has 1 amide bonds. The normalized spacial score (nSPS) is 15.6. The summed E-state index contributed by atoms with van der Waals surface area (Å²) >= 11 is 0. The van der Waals surface area contributed by atoms with Gasteiger partial charge in [0.15, 0.2) is 11.5 Å². The van der Waals surface area contributed by atoms with E-state index in [4.69, 9.17) is 4.63 Å². The van der Waals surface area contributed by atoms with Crippen molar-refractivity contribution in [3.63, 3.8) is 0 Å². The monoisotopic (exact) mass is 337 g/mol. The van der Waals surface area contributed by atoms with Crippen molar-refractivity contribution in [2.45, 2.75) is 18.5 Å². The number of fused-ring (bicyclic) bond motifs is 2. The molecule has 0 spiro atoms. The van der Waals surface area contributed by atoms with Gasteiger partial charge in [-0.2, -0.15) is 0 Å². The molecule has 3 heterocycles. The summed E-state index contributed by atoms with van der Waals surface area (Å²) in [7, 11) is 0. The Morgan fingerprint density at radius 1 is 1.12 bits per heavy atom. The molecule has 5 rings (SSSR count). The number of amides is 1. The molecule has 1 aromatic carbocycles. The number of alkyl halides is 1. The third-order valence-electron chi connectivity index (χ3n) is 4.38. The van der Waals surface area contributed by atoms with E-state index in [2.05, 4.69) is 20.6 Å². The zero-order valence-electron chi connectivity index (χ0n) is 12.9. The molecule has 0 radical (unpaired) electrons. The Hall–Kier alpha value is -3.29. The number of hydrogen-bond donors (Lipinski definition) is 1. The lowest BCUT2D eigenvalue weighted by Crippen LogP contribution is -2.25. The SMILES string of the molecule is O=C(Nc1cn2cc(-c3ccc4nonc4c3)ccc2n1)C1(F)CC1. The van der Waals surface area contributed by atoms with E-state index >= 15 is 0 Å². The van der Waals surface area contributed by atoms with Gasteiger partial charge in [-0.1, -0.05) is 6.07 Å². The van der Waals surface area contributed by atoms with Crippen molar-refractivity contribution in [3.8, 4) is 11.1 Å². The van der Waals surface area contributed by atoms with E-state index in [0.717, 1.165) is 11.1 Å². The molecule has 0 bridgehead atoms. The molecule has 8 heteroatoms. The topological polar surface area (TPSA) is 85.3 Å². The van der Waals surface area contributed by atoms with Crippen LogP contribution in [0.15, 0.2) is 47.4 Å². The van der Waals surface area contributed by atoms with Crippen LogP contribution in [0.2, 0.25) is 0 Å². The Morgan fingerprint density at radius 3 is 2.76 bits per heavy atom. The first kappa shape index (κ1) is 14.1. The molecule has 7 nitrogen and oxygen atoms in total. The lowest BCUT2D eigenvalue weighted by Gasteiger charge is -2.03. The van der Waals surface area contributed by atoms with Gasteiger partial charge < -0.3 is 9.72 Å². The fraction of sp³-hybridized carbons (Fsp3) is 0.176. The minimum Gasteiger partial charge on any atom is -0.307 e. The summed E-state index contributed by atoms with van der Waals surface area (Å²) in [5.41, 5.74) is 2.20. The number of carbonyl (C=O) groups is 1. The van der Waals surface area contributed by atoms with E-state index in [1.807, 2.05) is 36.5 Å². The fourth-order valence-corrected chi connectivity index (χ4v) is 2.75. The number of imidazole rings is 1. The zero-order valence-corrected chi connectivity index (χ0v) is 12.9. The molecule has 1 aliphatic carbocycles. The minimum absolute atomic E-state index is 0.274. The highest BCUT2D eigenvalue weighted by Gasteiger charge is 2.51. The van der Waals surface area contributed by atoms with Crippen LogP contribution in [0, 0.1) is 0 Å². The van der Waals surface area contributed by atoms with Gasteiger partial charge in [-0.05, 0) is 58.5 Å². The summed E-state index contributed by atoms with van der Waals surface area (Å²) in [5, 5.41) is 10.2. The van der Waals surface area contributed by atoms with Crippen LogP contribution in [-0.2, 0) is 4.79 Å². The van der Waals surface area contributed by atoms with E-state index in [9.17, 15) is 9.18 Å². The number of pyridine rings is 1. The first-order chi connectivity index (χ1) is 12.1. The summed E-state index contributed by atoms with van der Waals surface area (Å²) in [6.07, 6.45) is 4.10. The van der Waals surface area contributed by atoms with Crippen LogP contribution < -0.4 is 5.32 Å². The maximum absolute atomic E-state index is 13.8. The van der Waals surface area contributed by atoms with Gasteiger partial charge in [-0.25, -0.2) is 14.0 Å². The second-order valence-corrected chi connectivity index (χ2v) is 6.20. The predicted octanol–water partition coefficient (Wildman–Crippen LogP) is 2.98. The van der Waals surface area contributed by atoms with Crippen molar-refractivity contribution in [2.24, 2.45) is 0 Å². The van der Waals surface area contributed by atoms with Gasteiger partial charge in [-0.15, -0.1) is 0 Å². The number of carbonyl (C=O) groups excluding carboxylic acids is 1. The number of nitrogens with zero attached hydrogens (tertiary/aromatic N) is 4. The molecule has 1 saturated carbocycles. The van der Waals surface area contributed by atoms with Gasteiger partial charge in [-0.3, -0.25) is 4.79 Å². The van der Waals surface area contributed by atoms with Crippen LogP contribution >= 0.6 is 0 Å². The van der Waals surface area contributed by atoms with Gasteiger partial charge >= 0.3 is 0 Å². The molecule has 4 aromatic rings. The predicted molar refractivity (Wildman–Crippen MR) is 87.7 cm³/mol. The Bertz CT molecular complexity index is 1130. The van der Waals surface area contributed by atoms with Gasteiger partial charge in [0.05, 0.1) is 6.20 Å². The Balaban J connectivity index is 1.49. The summed E-state index contributed by atoms with van der Waals surface area (Å²) in [5.74, 6) is -0.289. The first-order valence-electron chi connectivity index (χ1n) is 7.83. The van der Waals surface area contributed by atoms with Crippen molar-refractivity contribution in [1.82, 2.24) is 19.7 Å². The lowest BCUT2D eigenvalue weighted by atomic mass is 10.1. The quantitative estimate of drug-likeness (QED) is 0.621. The van der Waals surface area contributed by atoms with Gasteiger partial charge in [0, 0.05) is 6.20 Å². The zero-order chi connectivity index (χ0) is 17.0. The molecule has 0 aliphatic heterocycles. The van der Waals surface area contributed by atoms with Gasteiger partial charge in [0.25, 0.3) is 5.91 Å². The van der Waals surface area contributed by atoms with Crippen molar-refractivity contribution in [3.05, 3.63) is 42.7 Å². The minimum atomic E-state index is -1.72. The van der Waals surface area contributed by atoms with Crippen LogP contribution in [0.5, 0.6) is 0 Å². The van der Waals surface area contributed by atoms with Crippen LogP contribution in [-0.4, -0.2) is 31.3 Å². The summed E-state index contributed by atoms with van der Waals surface area (Å²) in [4.78, 5) is 16.1. The number of aromatic nitrogens is 4. The Kier molecular flexibility index (Phi) is 2.74. The van der Waals surface area contributed by atoms with Crippen LogP contribution in [0.25, 0.3) is 27.8 Å². The molecule has 0 saturated heterocycles. The largest absolute Gasteiger partial charge is 0.307 e. The van der Waals surface area contributed by atoms with Crippen molar-refractivity contribution in [1.29, 1.82) is 0 Å². The molecule has 1 fully saturated rings. The standard InChI is InChI=1S/C17H12FN5O2/c18-17(5-6-17)16(24)20-14-9-23-8-11(2-4-15(23)19-14)10-1-3-12-13(7-10)22-25-21-12/h1-4,7-9H,5-6H2,(H,20,24). The van der Waals surface area contributed by atoms with Gasteiger partial charge in [0.2, 0.25) is 0 Å². The number of anilines is 1. The third kappa shape index (κ3) is 2.34. The summed E-state index contributed by atoms with van der Waals surface area (Å²) in [6, 6.07) is 9.39. The number of halogens is 1. The lowest BCUT2D eigenvalue weighted by molar-refractivity contribution is -0.122. The highest BCUT2D eigenvalue weighted by atomic mass is 19.1. The average molecular weight is 337 g/mol. The molecule has 124 valence electrons. The van der Waals surface area contributed by atoms with Crippen LogP contribution in [0.4, 0.5) is 10.2 Å². The molecular weight excluding hydrogens is 325 g/mol. The molecule has 0 unspecified atom stereocenters. The second kappa shape index (κ2) is 4.85. The van der Waals surface area contributed by atoms with Crippen LogP contribution in [0.3, 0.4) is 0 Å². The molecule has 3 aromatic heterocycles. The van der Waals surface area contributed by atoms with Crippen molar-refractivity contribution in [2.75, 3.05) is 5.32 Å². The summed E-state index contributed by atoms with van der Waals surface area (Å²) in [6.45, 7) is 0. The van der Waals surface area contributed by atoms with Gasteiger partial charge in [0.1, 0.15) is 16.7 Å². The van der Waals surface area contributed by atoms with Crippen molar-refractivity contribution >= 4 is 28.4 Å². The van der Waals surface area contributed by atoms with E-state index in [-0.39, 0.29) is 12.8 Å². The molecule has 1 N–H and O–H groups in total.